The van der Waals surface area contributed by atoms with E-state index in [9.17, 15) is 10.2 Å². The molecule has 2 saturated carbocycles. The summed E-state index contributed by atoms with van der Waals surface area (Å²) in [5, 5.41) is 22.9. The van der Waals surface area contributed by atoms with E-state index < -0.39 is 11.2 Å². The second kappa shape index (κ2) is 6.29. The van der Waals surface area contributed by atoms with Gasteiger partial charge in [-0.3, -0.25) is 0 Å². The van der Waals surface area contributed by atoms with Gasteiger partial charge in [0.05, 0.1) is 0 Å². The van der Waals surface area contributed by atoms with Crippen molar-refractivity contribution in [1.29, 1.82) is 0 Å². The van der Waals surface area contributed by atoms with E-state index in [4.69, 9.17) is 0 Å². The number of rotatable bonds is 0. The minimum atomic E-state index is -1.08. The summed E-state index contributed by atoms with van der Waals surface area (Å²) in [5.41, 5.74) is -3.25. The molecule has 2 fully saturated rings. The van der Waals surface area contributed by atoms with Gasteiger partial charge in [0.15, 0.2) is 0 Å². The first-order chi connectivity index (χ1) is 11.6. The van der Waals surface area contributed by atoms with Crippen LogP contribution in [0.4, 0.5) is 0 Å². The molecule has 2 rings (SSSR count). The van der Waals surface area contributed by atoms with E-state index >= 15 is 0 Å². The van der Waals surface area contributed by atoms with Crippen molar-refractivity contribution < 1.29 is 10.2 Å². The number of hydrogen-bond acceptors (Lipinski definition) is 2. The summed E-state index contributed by atoms with van der Waals surface area (Å²) in [6, 6.07) is 0. The van der Waals surface area contributed by atoms with Crippen molar-refractivity contribution in [2.45, 2.75) is 105 Å². The Morgan fingerprint density at radius 1 is 0.500 bits per heavy atom. The fourth-order valence-corrected chi connectivity index (χ4v) is 5.42. The standard InChI is InChI=1S/C24H38O2/c1-19(2)13-11-14-20(3,4)23(19,25)17-9-10-18-24(26)21(5,6)15-12-16-22(24,7)8/h25-26H,11-16H2,1-8H3. The summed E-state index contributed by atoms with van der Waals surface area (Å²) in [4.78, 5) is 0. The van der Waals surface area contributed by atoms with Gasteiger partial charge < -0.3 is 10.2 Å². The van der Waals surface area contributed by atoms with Crippen LogP contribution >= 0.6 is 0 Å². The third-order valence-corrected chi connectivity index (χ3v) is 7.67. The highest BCUT2D eigenvalue weighted by atomic mass is 16.3. The fourth-order valence-electron chi connectivity index (χ4n) is 5.42. The molecule has 0 unspecified atom stereocenters. The second-order valence-electron chi connectivity index (χ2n) is 11.2. The lowest BCUT2D eigenvalue weighted by atomic mass is 9.54. The molecule has 2 N–H and O–H groups in total. The summed E-state index contributed by atoms with van der Waals surface area (Å²) in [6.07, 6.45) is 6.05. The van der Waals surface area contributed by atoms with Crippen LogP contribution < -0.4 is 0 Å². The predicted octanol–water partition coefficient (Wildman–Crippen LogP) is 4.93. The Morgan fingerprint density at radius 2 is 0.731 bits per heavy atom. The first-order valence-corrected chi connectivity index (χ1v) is 10.1. The lowest BCUT2D eigenvalue weighted by molar-refractivity contribution is -0.133. The van der Waals surface area contributed by atoms with Gasteiger partial charge in [-0.25, -0.2) is 0 Å². The summed E-state index contributed by atoms with van der Waals surface area (Å²) in [5.74, 6) is 12.1. The molecule has 2 aliphatic carbocycles. The van der Waals surface area contributed by atoms with Crippen LogP contribution in [0.15, 0.2) is 0 Å². The van der Waals surface area contributed by atoms with E-state index in [1.807, 2.05) is 0 Å². The highest BCUT2D eigenvalue weighted by molar-refractivity contribution is 5.38. The molecule has 0 amide bonds. The maximum Gasteiger partial charge on any atom is 0.136 e. The van der Waals surface area contributed by atoms with Gasteiger partial charge in [-0.15, -0.1) is 0 Å². The van der Waals surface area contributed by atoms with Crippen LogP contribution in [0.5, 0.6) is 0 Å². The Balaban J connectivity index is 2.41. The molecule has 0 spiro atoms. The highest BCUT2D eigenvalue weighted by Gasteiger charge is 2.56. The predicted molar refractivity (Wildman–Crippen MR) is 108 cm³/mol. The zero-order valence-electron chi connectivity index (χ0n) is 18.1. The number of hydrogen-bond donors (Lipinski definition) is 2. The second-order valence-corrected chi connectivity index (χ2v) is 11.2. The van der Waals surface area contributed by atoms with E-state index in [1.165, 1.54) is 0 Å². The van der Waals surface area contributed by atoms with Gasteiger partial charge in [0.1, 0.15) is 11.2 Å². The smallest absolute Gasteiger partial charge is 0.136 e. The maximum absolute atomic E-state index is 11.4. The van der Waals surface area contributed by atoms with Gasteiger partial charge in [0.25, 0.3) is 0 Å². The Morgan fingerprint density at radius 3 is 0.962 bits per heavy atom. The van der Waals surface area contributed by atoms with Crippen molar-refractivity contribution in [3.63, 3.8) is 0 Å². The first kappa shape index (κ1) is 21.3. The molecule has 0 aliphatic heterocycles. The van der Waals surface area contributed by atoms with E-state index in [-0.39, 0.29) is 21.7 Å². The highest BCUT2D eigenvalue weighted by Crippen LogP contribution is 2.54. The van der Waals surface area contributed by atoms with Crippen molar-refractivity contribution >= 4 is 0 Å². The zero-order valence-corrected chi connectivity index (χ0v) is 18.1. The minimum absolute atomic E-state index is 0.274. The molecule has 2 nitrogen and oxygen atoms in total. The third-order valence-electron chi connectivity index (χ3n) is 7.67. The molecule has 0 atom stereocenters. The van der Waals surface area contributed by atoms with E-state index in [0.29, 0.717) is 0 Å². The monoisotopic (exact) mass is 358 g/mol. The van der Waals surface area contributed by atoms with E-state index in [1.54, 1.807) is 0 Å². The van der Waals surface area contributed by atoms with Gasteiger partial charge in [-0.05, 0) is 37.5 Å². The summed E-state index contributed by atoms with van der Waals surface area (Å²) < 4.78 is 0. The molecular weight excluding hydrogens is 320 g/mol. The quantitative estimate of drug-likeness (QED) is 0.603. The van der Waals surface area contributed by atoms with Crippen LogP contribution in [0, 0.1) is 45.3 Å². The average molecular weight is 359 g/mol. The van der Waals surface area contributed by atoms with Gasteiger partial charge >= 0.3 is 0 Å². The van der Waals surface area contributed by atoms with Crippen LogP contribution in [0.1, 0.15) is 93.9 Å². The Kier molecular flexibility index (Phi) is 5.16. The molecule has 0 aromatic rings. The first-order valence-electron chi connectivity index (χ1n) is 10.1. The molecule has 0 aromatic carbocycles. The molecule has 0 heterocycles. The van der Waals surface area contributed by atoms with Gasteiger partial charge in [-0.2, -0.15) is 0 Å². The normalized spacial score (nSPS) is 29.5. The molecule has 26 heavy (non-hydrogen) atoms. The molecule has 0 radical (unpaired) electrons. The summed E-state index contributed by atoms with van der Waals surface area (Å²) >= 11 is 0. The zero-order chi connectivity index (χ0) is 20.1. The topological polar surface area (TPSA) is 40.5 Å². The van der Waals surface area contributed by atoms with Crippen molar-refractivity contribution in [2.75, 3.05) is 0 Å². The van der Waals surface area contributed by atoms with Gasteiger partial charge in [-0.1, -0.05) is 80.1 Å². The van der Waals surface area contributed by atoms with Crippen molar-refractivity contribution in [3.8, 4) is 23.7 Å². The Labute approximate surface area is 161 Å². The van der Waals surface area contributed by atoms with Crippen LogP contribution in [0.3, 0.4) is 0 Å². The number of aliphatic hydroxyl groups is 2. The SMILES string of the molecule is CC1(C)CCCC(C)(C)C1(O)C#CC#CC1(O)C(C)(C)CCCC1(C)C. The molecular formula is C24H38O2. The van der Waals surface area contributed by atoms with Crippen LogP contribution in [-0.4, -0.2) is 21.4 Å². The molecule has 2 aliphatic rings. The Hall–Kier alpha value is -0.960. The maximum atomic E-state index is 11.4. The van der Waals surface area contributed by atoms with E-state index in [0.717, 1.165) is 38.5 Å². The van der Waals surface area contributed by atoms with Gasteiger partial charge in [0, 0.05) is 21.7 Å². The minimum Gasteiger partial charge on any atom is -0.376 e. The van der Waals surface area contributed by atoms with Crippen molar-refractivity contribution in [3.05, 3.63) is 0 Å². The molecule has 2 heteroatoms. The largest absolute Gasteiger partial charge is 0.376 e. The lowest BCUT2D eigenvalue weighted by Crippen LogP contribution is -2.57. The van der Waals surface area contributed by atoms with Crippen LogP contribution in [0.25, 0.3) is 0 Å². The van der Waals surface area contributed by atoms with E-state index in [2.05, 4.69) is 79.1 Å². The van der Waals surface area contributed by atoms with Crippen molar-refractivity contribution in [2.24, 2.45) is 21.7 Å². The van der Waals surface area contributed by atoms with Crippen LogP contribution in [0.2, 0.25) is 0 Å². The molecule has 0 aromatic heterocycles. The fraction of sp³-hybridized carbons (Fsp3) is 0.833. The third kappa shape index (κ3) is 3.10. The van der Waals surface area contributed by atoms with Crippen molar-refractivity contribution in [1.82, 2.24) is 0 Å². The van der Waals surface area contributed by atoms with Gasteiger partial charge in [0.2, 0.25) is 0 Å². The molecule has 0 saturated heterocycles. The Bertz CT molecular complexity index is 578. The lowest BCUT2D eigenvalue weighted by Gasteiger charge is -2.53. The summed E-state index contributed by atoms with van der Waals surface area (Å²) in [7, 11) is 0. The average Bonchev–Trinajstić information content (AvgIpc) is 2.47. The van der Waals surface area contributed by atoms with Crippen LogP contribution in [-0.2, 0) is 0 Å². The molecule has 0 bridgehead atoms. The molecule has 146 valence electrons. The summed E-state index contributed by atoms with van der Waals surface area (Å²) in [6.45, 7) is 16.8.